The number of methoxy groups -OCH3 is 1. The Morgan fingerprint density at radius 2 is 1.74 bits per heavy atom. The Labute approximate surface area is 225 Å². The lowest BCUT2D eigenvalue weighted by Gasteiger charge is -2.39. The minimum Gasteiger partial charge on any atom is -0.497 e. The van der Waals surface area contributed by atoms with E-state index in [0.29, 0.717) is 22.7 Å². The Kier molecular flexibility index (Phi) is 8.13. The van der Waals surface area contributed by atoms with E-state index in [1.54, 1.807) is 45.0 Å². The van der Waals surface area contributed by atoms with Crippen LogP contribution in [0.15, 0.2) is 71.1 Å². The lowest BCUT2D eigenvalue weighted by atomic mass is 9.67. The zero-order valence-electron chi connectivity index (χ0n) is 22.2. The summed E-state index contributed by atoms with van der Waals surface area (Å²) in [5.74, 6) is -4.00. The topological polar surface area (TPSA) is 134 Å². The first-order chi connectivity index (χ1) is 18.7. The Balaban J connectivity index is 1.93. The normalized spacial score (nSPS) is 20.6. The molecule has 0 amide bonds. The first-order valence-corrected chi connectivity index (χ1v) is 12.7. The number of hydrogen-bond donors (Lipinski definition) is 1. The molecule has 204 valence electrons. The molecule has 10 heteroatoms. The predicted octanol–water partition coefficient (Wildman–Crippen LogP) is 4.32. The number of benzene rings is 2. The number of rotatable bonds is 8. The minimum atomic E-state index is -1.19. The molecule has 0 unspecified atom stereocenters. The van der Waals surface area contributed by atoms with E-state index in [4.69, 9.17) is 14.2 Å². The second-order valence-corrected chi connectivity index (χ2v) is 9.24. The highest BCUT2D eigenvalue weighted by molar-refractivity contribution is 6.13. The second kappa shape index (κ2) is 11.5. The molecule has 4 rings (SSSR count). The van der Waals surface area contributed by atoms with Gasteiger partial charge in [0.1, 0.15) is 11.7 Å². The van der Waals surface area contributed by atoms with Gasteiger partial charge in [-0.15, -0.1) is 0 Å². The van der Waals surface area contributed by atoms with E-state index in [9.17, 15) is 24.5 Å². The van der Waals surface area contributed by atoms with Gasteiger partial charge < -0.3 is 19.5 Å². The molecule has 3 atom stereocenters. The number of allylic oxidation sites excluding steroid dienone is 3. The lowest BCUT2D eigenvalue weighted by Crippen LogP contribution is -2.43. The molecular weight excluding hydrogens is 504 g/mol. The van der Waals surface area contributed by atoms with Gasteiger partial charge >= 0.3 is 11.9 Å². The van der Waals surface area contributed by atoms with Crippen LogP contribution in [-0.4, -0.2) is 43.0 Å². The number of hydrogen-bond acceptors (Lipinski definition) is 9. The van der Waals surface area contributed by atoms with Crippen LogP contribution in [0.25, 0.3) is 0 Å². The molecule has 0 bridgehead atoms. The minimum absolute atomic E-state index is 0.0823. The van der Waals surface area contributed by atoms with Crippen molar-refractivity contribution in [3.63, 3.8) is 0 Å². The highest BCUT2D eigenvalue weighted by Crippen LogP contribution is 2.48. The summed E-state index contributed by atoms with van der Waals surface area (Å²) in [5, 5.41) is 14.8. The number of nitro groups is 1. The summed E-state index contributed by atoms with van der Waals surface area (Å²) in [7, 11) is 1.53. The van der Waals surface area contributed by atoms with Gasteiger partial charge in [0.15, 0.2) is 5.78 Å². The van der Waals surface area contributed by atoms with Crippen LogP contribution in [0.1, 0.15) is 50.2 Å². The third-order valence-electron chi connectivity index (χ3n) is 6.99. The first kappa shape index (κ1) is 27.6. The zero-order chi connectivity index (χ0) is 28.3. The Hall–Kier alpha value is -4.47. The van der Waals surface area contributed by atoms with E-state index in [-0.39, 0.29) is 36.5 Å². The number of nitro benzene ring substituents is 1. The van der Waals surface area contributed by atoms with Crippen LogP contribution >= 0.6 is 0 Å². The number of carbonyl (C=O) groups excluding carboxylic acids is 3. The molecule has 10 nitrogen and oxygen atoms in total. The maximum Gasteiger partial charge on any atom is 0.336 e. The third-order valence-corrected chi connectivity index (χ3v) is 6.99. The molecule has 0 spiro atoms. The van der Waals surface area contributed by atoms with Crippen LogP contribution in [0.4, 0.5) is 5.69 Å². The zero-order valence-corrected chi connectivity index (χ0v) is 22.2. The fourth-order valence-corrected chi connectivity index (χ4v) is 5.35. The van der Waals surface area contributed by atoms with Crippen molar-refractivity contribution >= 4 is 23.4 Å². The molecule has 2 aromatic rings. The summed E-state index contributed by atoms with van der Waals surface area (Å²) in [6.07, 6.45) is 0.261. The average molecular weight is 535 g/mol. The molecule has 1 N–H and O–H groups in total. The van der Waals surface area contributed by atoms with Gasteiger partial charge in [0, 0.05) is 40.9 Å². The van der Waals surface area contributed by atoms with Crippen molar-refractivity contribution in [1.82, 2.24) is 5.32 Å². The van der Waals surface area contributed by atoms with Crippen LogP contribution in [0, 0.1) is 16.0 Å². The monoisotopic (exact) mass is 534 g/mol. The molecule has 1 aliphatic carbocycles. The maximum absolute atomic E-state index is 14.3. The standard InChI is InChI=1S/C29H30N2O8/c1-5-38-28(33)23-16(3)30-22-15-21(17-9-8-12-20(14-17)37-4)25(29(34)39-6-2)27(32)26(22)24(23)18-10-7-11-19(13-18)31(35)36/h7-14,21,24-25,30H,5-6,15H2,1-4H3/t21-,24-,25+/m0/s1. The van der Waals surface area contributed by atoms with E-state index < -0.39 is 40.4 Å². The summed E-state index contributed by atoms with van der Waals surface area (Å²) < 4.78 is 16.0. The average Bonchev–Trinajstić information content (AvgIpc) is 2.92. The van der Waals surface area contributed by atoms with Crippen molar-refractivity contribution in [3.05, 3.63) is 92.3 Å². The van der Waals surface area contributed by atoms with Crippen LogP contribution < -0.4 is 10.1 Å². The second-order valence-electron chi connectivity index (χ2n) is 9.24. The first-order valence-electron chi connectivity index (χ1n) is 12.7. The van der Waals surface area contributed by atoms with Crippen molar-refractivity contribution in [1.29, 1.82) is 0 Å². The van der Waals surface area contributed by atoms with E-state index in [2.05, 4.69) is 5.32 Å². The van der Waals surface area contributed by atoms with Gasteiger partial charge in [-0.25, -0.2) is 4.79 Å². The number of dihydropyridines is 1. The van der Waals surface area contributed by atoms with E-state index in [0.717, 1.165) is 5.56 Å². The van der Waals surface area contributed by atoms with E-state index in [1.807, 2.05) is 6.07 Å². The molecule has 0 fully saturated rings. The predicted molar refractivity (Wildman–Crippen MR) is 141 cm³/mol. The van der Waals surface area contributed by atoms with Gasteiger partial charge in [-0.3, -0.25) is 19.7 Å². The molecule has 0 saturated heterocycles. The number of carbonyl (C=O) groups is 3. The van der Waals surface area contributed by atoms with Gasteiger partial charge in [-0.2, -0.15) is 0 Å². The molecular formula is C29H30N2O8. The van der Waals surface area contributed by atoms with Crippen LogP contribution in [0.2, 0.25) is 0 Å². The molecule has 0 radical (unpaired) electrons. The van der Waals surface area contributed by atoms with Gasteiger partial charge in [-0.05, 0) is 50.5 Å². The SMILES string of the molecule is CCOC(=O)C1=C(C)NC2=C(C(=O)[C@H](C(=O)OCC)[C@H](c3cccc(OC)c3)C2)[C@H]1c1cccc([N+](=O)[O-])c1. The fourth-order valence-electron chi connectivity index (χ4n) is 5.35. The van der Waals surface area contributed by atoms with Crippen molar-refractivity contribution < 1.29 is 33.5 Å². The smallest absolute Gasteiger partial charge is 0.336 e. The third kappa shape index (κ3) is 5.27. The molecule has 0 aromatic heterocycles. The van der Waals surface area contributed by atoms with Gasteiger partial charge in [0.05, 0.1) is 30.8 Å². The van der Waals surface area contributed by atoms with Crippen molar-refractivity contribution in [3.8, 4) is 5.75 Å². The quantitative estimate of drug-likeness (QED) is 0.227. The molecule has 1 aliphatic heterocycles. The molecule has 2 aliphatic rings. The highest BCUT2D eigenvalue weighted by Gasteiger charge is 2.49. The van der Waals surface area contributed by atoms with E-state index >= 15 is 0 Å². The number of nitrogens with zero attached hydrogens (tertiary/aromatic N) is 1. The summed E-state index contributed by atoms with van der Waals surface area (Å²) in [6.45, 7) is 5.20. The van der Waals surface area contributed by atoms with Crippen molar-refractivity contribution in [2.45, 2.75) is 39.0 Å². The summed E-state index contributed by atoms with van der Waals surface area (Å²) in [6, 6.07) is 13.0. The Morgan fingerprint density at radius 3 is 2.41 bits per heavy atom. The highest BCUT2D eigenvalue weighted by atomic mass is 16.6. The summed E-state index contributed by atoms with van der Waals surface area (Å²) >= 11 is 0. The van der Waals surface area contributed by atoms with Gasteiger partial charge in [0.2, 0.25) is 0 Å². The van der Waals surface area contributed by atoms with Crippen LogP contribution in [-0.2, 0) is 23.9 Å². The largest absolute Gasteiger partial charge is 0.497 e. The van der Waals surface area contributed by atoms with Crippen LogP contribution in [0.5, 0.6) is 5.75 Å². The van der Waals surface area contributed by atoms with E-state index in [1.165, 1.54) is 25.3 Å². The number of nitrogens with one attached hydrogen (secondary N) is 1. The van der Waals surface area contributed by atoms with Gasteiger partial charge in [0.25, 0.3) is 5.69 Å². The molecule has 1 heterocycles. The number of non-ortho nitro benzene ring substituents is 1. The summed E-state index contributed by atoms with van der Waals surface area (Å²) in [4.78, 5) is 51.8. The molecule has 2 aromatic carbocycles. The van der Waals surface area contributed by atoms with Gasteiger partial charge in [-0.1, -0.05) is 24.3 Å². The fraction of sp³-hybridized carbons (Fsp3) is 0.345. The maximum atomic E-state index is 14.3. The number of esters is 2. The van der Waals surface area contributed by atoms with Crippen LogP contribution in [0.3, 0.4) is 0 Å². The lowest BCUT2D eigenvalue weighted by molar-refractivity contribution is -0.384. The van der Waals surface area contributed by atoms with Crippen molar-refractivity contribution in [2.75, 3.05) is 20.3 Å². The molecule has 0 saturated carbocycles. The molecule has 39 heavy (non-hydrogen) atoms. The summed E-state index contributed by atoms with van der Waals surface area (Å²) in [5.41, 5.74) is 2.27. The Bertz CT molecular complexity index is 1390. The number of Topliss-reactive ketones (excluding diaryl/α,β-unsaturated/α-hetero) is 1. The Morgan fingerprint density at radius 1 is 1.05 bits per heavy atom. The number of ether oxygens (including phenoxy) is 3. The number of ketones is 1. The van der Waals surface area contributed by atoms with Crippen molar-refractivity contribution in [2.24, 2.45) is 5.92 Å².